The van der Waals surface area contributed by atoms with Crippen molar-refractivity contribution in [3.8, 4) is 0 Å². The van der Waals surface area contributed by atoms with Gasteiger partial charge in [-0.05, 0) is 19.1 Å². The second kappa shape index (κ2) is 4.13. The number of aliphatic hydroxyl groups excluding tert-OH is 1. The van der Waals surface area contributed by atoms with Crippen LogP contribution < -0.4 is 5.32 Å². The smallest absolute Gasteiger partial charge is 0.120 e. The third-order valence-corrected chi connectivity index (χ3v) is 2.48. The van der Waals surface area contributed by atoms with Gasteiger partial charge in [0.2, 0.25) is 0 Å². The first-order valence-corrected chi connectivity index (χ1v) is 4.82. The highest BCUT2D eigenvalue weighted by atomic mass is 16.5. The number of nitrogens with one attached hydrogen (secondary N) is 1. The van der Waals surface area contributed by atoms with E-state index in [1.165, 1.54) is 0 Å². The maximum atomic E-state index is 9.52. The fourth-order valence-corrected chi connectivity index (χ4v) is 1.64. The number of hydrogen-bond acceptors (Lipinski definition) is 4. The van der Waals surface area contributed by atoms with Gasteiger partial charge < -0.3 is 19.6 Å². The second-order valence-corrected chi connectivity index (χ2v) is 3.62. The van der Waals surface area contributed by atoms with Crippen LogP contribution in [-0.4, -0.2) is 30.5 Å². The van der Waals surface area contributed by atoms with E-state index in [2.05, 4.69) is 5.32 Å². The Morgan fingerprint density at radius 2 is 2.43 bits per heavy atom. The third kappa shape index (κ3) is 1.97. The summed E-state index contributed by atoms with van der Waals surface area (Å²) < 4.78 is 10.4. The minimum absolute atomic E-state index is 0.00935. The highest BCUT2D eigenvalue weighted by Gasteiger charge is 2.27. The van der Waals surface area contributed by atoms with E-state index in [0.29, 0.717) is 13.2 Å². The first-order chi connectivity index (χ1) is 6.77. The molecule has 14 heavy (non-hydrogen) atoms. The van der Waals surface area contributed by atoms with Gasteiger partial charge in [-0.2, -0.15) is 0 Å². The maximum absolute atomic E-state index is 9.52. The molecule has 3 atom stereocenters. The van der Waals surface area contributed by atoms with E-state index in [1.54, 1.807) is 6.26 Å². The highest BCUT2D eigenvalue weighted by Crippen LogP contribution is 2.15. The van der Waals surface area contributed by atoms with Crippen molar-refractivity contribution in [2.24, 2.45) is 0 Å². The van der Waals surface area contributed by atoms with Gasteiger partial charge in [0.1, 0.15) is 5.76 Å². The van der Waals surface area contributed by atoms with Gasteiger partial charge in [-0.15, -0.1) is 0 Å². The zero-order valence-corrected chi connectivity index (χ0v) is 8.14. The Morgan fingerprint density at radius 1 is 1.57 bits per heavy atom. The lowest BCUT2D eigenvalue weighted by atomic mass is 10.1. The van der Waals surface area contributed by atoms with Crippen molar-refractivity contribution in [2.75, 3.05) is 13.2 Å². The van der Waals surface area contributed by atoms with Crippen molar-refractivity contribution in [1.29, 1.82) is 0 Å². The van der Waals surface area contributed by atoms with Gasteiger partial charge in [0, 0.05) is 0 Å². The van der Waals surface area contributed by atoms with Crippen LogP contribution in [0.2, 0.25) is 0 Å². The molecule has 1 aliphatic heterocycles. The number of aliphatic hydroxyl groups is 1. The van der Waals surface area contributed by atoms with E-state index in [4.69, 9.17) is 9.15 Å². The minimum Gasteiger partial charge on any atom is -0.468 e. The van der Waals surface area contributed by atoms with Crippen LogP contribution in [0.4, 0.5) is 0 Å². The normalized spacial score (nSPS) is 29.3. The summed E-state index contributed by atoms with van der Waals surface area (Å²) in [5, 5.41) is 12.8. The maximum Gasteiger partial charge on any atom is 0.120 e. The summed E-state index contributed by atoms with van der Waals surface area (Å²) in [7, 11) is 0. The monoisotopic (exact) mass is 197 g/mol. The van der Waals surface area contributed by atoms with Crippen LogP contribution in [0.5, 0.6) is 0 Å². The second-order valence-electron chi connectivity index (χ2n) is 3.62. The number of hydrogen-bond donors (Lipinski definition) is 2. The molecule has 4 heteroatoms. The summed E-state index contributed by atoms with van der Waals surface area (Å²) in [6.45, 7) is 2.98. The van der Waals surface area contributed by atoms with Crippen LogP contribution in [0, 0.1) is 0 Å². The third-order valence-electron chi connectivity index (χ3n) is 2.48. The minimum atomic E-state index is -0.410. The number of furan rings is 1. The molecule has 2 rings (SSSR count). The molecule has 0 radical (unpaired) electrons. The fraction of sp³-hybridized carbons (Fsp3) is 0.600. The Bertz CT molecular complexity index is 273. The lowest BCUT2D eigenvalue weighted by Gasteiger charge is -2.18. The van der Waals surface area contributed by atoms with E-state index < -0.39 is 6.10 Å². The zero-order chi connectivity index (χ0) is 9.97. The molecule has 2 N–H and O–H groups in total. The fourth-order valence-electron chi connectivity index (χ4n) is 1.64. The molecule has 0 aromatic carbocycles. The summed E-state index contributed by atoms with van der Waals surface area (Å²) >= 11 is 0. The van der Waals surface area contributed by atoms with Crippen molar-refractivity contribution in [2.45, 2.75) is 25.1 Å². The Kier molecular flexibility index (Phi) is 2.86. The molecule has 0 aliphatic carbocycles. The molecule has 1 fully saturated rings. The predicted octanol–water partition coefficient (Wildman–Crippen LogP) is 0.690. The number of rotatable bonds is 3. The Balaban J connectivity index is 1.91. The Hall–Kier alpha value is -0.840. The quantitative estimate of drug-likeness (QED) is 0.748. The van der Waals surface area contributed by atoms with E-state index in [9.17, 15) is 5.11 Å². The standard InChI is InChI=1S/C10H15NO3/c1-7(10-3-2-4-14-10)11-8-5-13-6-9(8)12/h2-4,7-9,11-12H,5-6H2,1H3/t7-,8?,9?/m0/s1. The van der Waals surface area contributed by atoms with Crippen LogP contribution in [-0.2, 0) is 4.74 Å². The average Bonchev–Trinajstić information content (AvgIpc) is 2.77. The van der Waals surface area contributed by atoms with Gasteiger partial charge in [0.25, 0.3) is 0 Å². The molecule has 2 unspecified atom stereocenters. The van der Waals surface area contributed by atoms with Crippen molar-refractivity contribution in [1.82, 2.24) is 5.32 Å². The largest absolute Gasteiger partial charge is 0.468 e. The van der Waals surface area contributed by atoms with Crippen LogP contribution in [0.1, 0.15) is 18.7 Å². The van der Waals surface area contributed by atoms with Crippen molar-refractivity contribution < 1.29 is 14.3 Å². The SMILES string of the molecule is C[C@H](NC1COCC1O)c1ccco1. The molecule has 78 valence electrons. The van der Waals surface area contributed by atoms with Crippen LogP contribution in [0.15, 0.2) is 22.8 Å². The summed E-state index contributed by atoms with van der Waals surface area (Å²) in [4.78, 5) is 0. The van der Waals surface area contributed by atoms with Gasteiger partial charge in [-0.1, -0.05) is 0 Å². The molecule has 4 nitrogen and oxygen atoms in total. The summed E-state index contributed by atoms with van der Waals surface area (Å²) in [5.41, 5.74) is 0. The van der Waals surface area contributed by atoms with Crippen molar-refractivity contribution >= 4 is 0 Å². The molecule has 0 bridgehead atoms. The Morgan fingerprint density at radius 3 is 3.00 bits per heavy atom. The predicted molar refractivity (Wildman–Crippen MR) is 50.9 cm³/mol. The molecular formula is C10H15NO3. The van der Waals surface area contributed by atoms with Gasteiger partial charge in [0.15, 0.2) is 0 Å². The highest BCUT2D eigenvalue weighted by molar-refractivity contribution is 5.04. The lowest BCUT2D eigenvalue weighted by molar-refractivity contribution is 0.121. The molecule has 1 saturated heterocycles. The zero-order valence-electron chi connectivity index (χ0n) is 8.14. The summed E-state index contributed by atoms with van der Waals surface area (Å²) in [6, 6.07) is 3.89. The van der Waals surface area contributed by atoms with Crippen LogP contribution >= 0.6 is 0 Å². The molecule has 1 aliphatic rings. The van der Waals surface area contributed by atoms with Gasteiger partial charge in [-0.25, -0.2) is 0 Å². The Labute approximate surface area is 82.9 Å². The first kappa shape index (κ1) is 9.71. The molecule has 0 amide bonds. The van der Waals surface area contributed by atoms with E-state index in [1.807, 2.05) is 19.1 Å². The van der Waals surface area contributed by atoms with E-state index in [-0.39, 0.29) is 12.1 Å². The molecule has 0 spiro atoms. The molecular weight excluding hydrogens is 182 g/mol. The topological polar surface area (TPSA) is 54.6 Å². The van der Waals surface area contributed by atoms with Crippen LogP contribution in [0.3, 0.4) is 0 Å². The summed E-state index contributed by atoms with van der Waals surface area (Å²) in [6.07, 6.45) is 1.24. The van der Waals surface area contributed by atoms with Gasteiger partial charge in [-0.3, -0.25) is 0 Å². The lowest BCUT2D eigenvalue weighted by Crippen LogP contribution is -2.40. The molecule has 0 saturated carbocycles. The van der Waals surface area contributed by atoms with Gasteiger partial charge >= 0.3 is 0 Å². The molecule has 1 aromatic heterocycles. The molecule has 1 aromatic rings. The molecule has 2 heterocycles. The summed E-state index contributed by atoms with van der Waals surface area (Å²) in [5.74, 6) is 0.879. The average molecular weight is 197 g/mol. The van der Waals surface area contributed by atoms with Crippen LogP contribution in [0.25, 0.3) is 0 Å². The van der Waals surface area contributed by atoms with Gasteiger partial charge in [0.05, 0.1) is 37.7 Å². The van der Waals surface area contributed by atoms with Crippen molar-refractivity contribution in [3.63, 3.8) is 0 Å². The number of ether oxygens (including phenoxy) is 1. The van der Waals surface area contributed by atoms with E-state index >= 15 is 0 Å². The first-order valence-electron chi connectivity index (χ1n) is 4.82. The van der Waals surface area contributed by atoms with Crippen molar-refractivity contribution in [3.05, 3.63) is 24.2 Å². The van der Waals surface area contributed by atoms with E-state index in [0.717, 1.165) is 5.76 Å².